The average molecular weight is 374 g/mol. The first-order valence-corrected chi connectivity index (χ1v) is 8.30. The van der Waals surface area contributed by atoms with E-state index >= 15 is 0 Å². The van der Waals surface area contributed by atoms with Crippen LogP contribution in [0.1, 0.15) is 31.9 Å². The Balaban J connectivity index is 2.52. The van der Waals surface area contributed by atoms with E-state index in [-0.39, 0.29) is 30.4 Å². The van der Waals surface area contributed by atoms with Crippen molar-refractivity contribution >= 4 is 11.8 Å². The molecule has 146 valence electrons. The van der Waals surface area contributed by atoms with Crippen LogP contribution in [0.15, 0.2) is 24.3 Å². The number of nitrogens with one attached hydrogen (secondary N) is 2. The van der Waals surface area contributed by atoms with E-state index in [2.05, 4.69) is 5.32 Å². The van der Waals surface area contributed by atoms with Crippen LogP contribution in [0.5, 0.6) is 0 Å². The molecule has 0 radical (unpaired) electrons. The molecule has 0 aliphatic carbocycles. The molecule has 1 unspecified atom stereocenters. The molecule has 0 saturated heterocycles. The van der Waals surface area contributed by atoms with Crippen molar-refractivity contribution in [3.8, 4) is 0 Å². The van der Waals surface area contributed by atoms with Gasteiger partial charge in [0.1, 0.15) is 6.54 Å². The van der Waals surface area contributed by atoms with Gasteiger partial charge in [0.15, 0.2) is 6.54 Å². The van der Waals surface area contributed by atoms with Gasteiger partial charge in [-0.15, -0.1) is 0 Å². The van der Waals surface area contributed by atoms with Crippen molar-refractivity contribution in [2.75, 3.05) is 27.2 Å². The van der Waals surface area contributed by atoms with Gasteiger partial charge in [0.2, 0.25) is 5.91 Å². The fourth-order valence-corrected chi connectivity index (χ4v) is 2.38. The van der Waals surface area contributed by atoms with Crippen LogP contribution in [0.4, 0.5) is 13.2 Å². The minimum Gasteiger partial charge on any atom is -0.350 e. The highest BCUT2D eigenvalue weighted by Gasteiger charge is 2.30. The zero-order valence-electron chi connectivity index (χ0n) is 15.8. The van der Waals surface area contributed by atoms with E-state index in [1.54, 1.807) is 14.1 Å². The number of carbonyl (C=O) groups is 2. The number of carbonyl (C=O) groups excluding carboxylic acids is 2. The molecule has 8 heteroatoms. The summed E-state index contributed by atoms with van der Waals surface area (Å²) in [5.41, 5.74) is -0.359. The summed E-state index contributed by atoms with van der Waals surface area (Å²) >= 11 is 0. The lowest BCUT2D eigenvalue weighted by Crippen LogP contribution is -3.08. The summed E-state index contributed by atoms with van der Waals surface area (Å²) in [6.45, 7) is 6.08. The van der Waals surface area contributed by atoms with Crippen LogP contribution in [0.25, 0.3) is 0 Å². The predicted octanol–water partition coefficient (Wildman–Crippen LogP) is 1.09. The van der Waals surface area contributed by atoms with E-state index in [0.29, 0.717) is 12.1 Å². The molecule has 0 aromatic heterocycles. The van der Waals surface area contributed by atoms with Crippen molar-refractivity contribution in [2.45, 2.75) is 39.0 Å². The fraction of sp³-hybridized carbons (Fsp3) is 0.556. The molecule has 0 spiro atoms. The maximum atomic E-state index is 12.6. The Morgan fingerprint density at radius 2 is 1.65 bits per heavy atom. The maximum absolute atomic E-state index is 12.6. The lowest BCUT2D eigenvalue weighted by molar-refractivity contribution is -0.885. The first-order chi connectivity index (χ1) is 11.8. The first kappa shape index (κ1) is 22.0. The largest absolute Gasteiger partial charge is 0.416 e. The van der Waals surface area contributed by atoms with Gasteiger partial charge in [0.05, 0.1) is 19.2 Å². The van der Waals surface area contributed by atoms with Gasteiger partial charge in [-0.25, -0.2) is 0 Å². The number of likely N-dealkylation sites (N-methyl/N-ethyl adjacent to an activating group) is 2. The molecule has 26 heavy (non-hydrogen) atoms. The fourth-order valence-electron chi connectivity index (χ4n) is 2.38. The molecule has 0 heterocycles. The van der Waals surface area contributed by atoms with Gasteiger partial charge >= 0.3 is 6.18 Å². The van der Waals surface area contributed by atoms with Crippen molar-refractivity contribution in [3.63, 3.8) is 0 Å². The molecule has 0 aliphatic rings. The molecular formula is C18H27F3N3O2+. The van der Waals surface area contributed by atoms with Crippen LogP contribution in [0, 0.1) is 0 Å². The summed E-state index contributed by atoms with van der Waals surface area (Å²) in [6, 6.07) is 4.90. The molecule has 1 atom stereocenters. The molecule has 0 aliphatic heterocycles. The summed E-state index contributed by atoms with van der Waals surface area (Å²) < 4.78 is 37.7. The lowest BCUT2D eigenvalue weighted by Gasteiger charge is -2.24. The molecule has 1 rings (SSSR count). The maximum Gasteiger partial charge on any atom is 0.416 e. The molecule has 1 aromatic carbocycles. The Kier molecular flexibility index (Phi) is 7.20. The van der Waals surface area contributed by atoms with Crippen LogP contribution in [0.3, 0.4) is 0 Å². The molecule has 0 bridgehead atoms. The predicted molar refractivity (Wildman–Crippen MR) is 92.4 cm³/mol. The van der Waals surface area contributed by atoms with E-state index in [1.807, 2.05) is 20.8 Å². The lowest BCUT2D eigenvalue weighted by atomic mass is 10.1. The number of rotatable bonds is 6. The smallest absolute Gasteiger partial charge is 0.350 e. The zero-order chi connectivity index (χ0) is 20.1. The number of alkyl halides is 3. The van der Waals surface area contributed by atoms with Crippen molar-refractivity contribution in [3.05, 3.63) is 35.4 Å². The molecule has 2 amide bonds. The number of nitrogens with zero attached hydrogens (tertiary/aromatic N) is 1. The molecule has 0 saturated carbocycles. The van der Waals surface area contributed by atoms with Crippen LogP contribution in [0.2, 0.25) is 0 Å². The number of halogens is 3. The summed E-state index contributed by atoms with van der Waals surface area (Å²) in [5, 5.41) is 2.78. The topological polar surface area (TPSA) is 53.9 Å². The summed E-state index contributed by atoms with van der Waals surface area (Å²) in [7, 11) is 3.33. The Labute approximate surface area is 152 Å². The number of quaternary nitrogens is 1. The summed E-state index contributed by atoms with van der Waals surface area (Å²) in [4.78, 5) is 26.2. The van der Waals surface area contributed by atoms with Crippen LogP contribution in [-0.2, 0) is 22.3 Å². The second kappa shape index (κ2) is 8.53. The zero-order valence-corrected chi connectivity index (χ0v) is 15.8. The molecule has 2 N–H and O–H groups in total. The highest BCUT2D eigenvalue weighted by atomic mass is 19.4. The SMILES string of the molecule is CN(CC(=O)NC(C)(C)C)C(=O)C[NH+](C)Cc1ccc(C(F)(F)F)cc1. The van der Waals surface area contributed by atoms with Crippen molar-refractivity contribution < 1.29 is 27.7 Å². The third-order valence-corrected chi connectivity index (χ3v) is 3.56. The number of benzene rings is 1. The summed E-state index contributed by atoms with van der Waals surface area (Å²) in [6.07, 6.45) is -4.36. The van der Waals surface area contributed by atoms with E-state index < -0.39 is 11.7 Å². The number of amides is 2. The van der Waals surface area contributed by atoms with Gasteiger partial charge < -0.3 is 15.1 Å². The second-order valence-electron chi connectivity index (χ2n) is 7.55. The molecular weight excluding hydrogens is 347 g/mol. The first-order valence-electron chi connectivity index (χ1n) is 8.30. The Bertz CT molecular complexity index is 622. The van der Waals surface area contributed by atoms with E-state index in [1.165, 1.54) is 17.0 Å². The number of hydrogen-bond acceptors (Lipinski definition) is 2. The van der Waals surface area contributed by atoms with Gasteiger partial charge in [-0.05, 0) is 32.9 Å². The second-order valence-corrected chi connectivity index (χ2v) is 7.55. The quantitative estimate of drug-likeness (QED) is 0.783. The highest BCUT2D eigenvalue weighted by Crippen LogP contribution is 2.28. The highest BCUT2D eigenvalue weighted by molar-refractivity contribution is 5.85. The van der Waals surface area contributed by atoms with Gasteiger partial charge in [-0.2, -0.15) is 13.2 Å². The normalized spacial score (nSPS) is 13.2. The van der Waals surface area contributed by atoms with Gasteiger partial charge in [0.25, 0.3) is 5.91 Å². The molecule has 0 fully saturated rings. The van der Waals surface area contributed by atoms with Gasteiger partial charge in [0, 0.05) is 18.2 Å². The monoisotopic (exact) mass is 374 g/mol. The Morgan fingerprint density at radius 1 is 1.12 bits per heavy atom. The Hall–Kier alpha value is -2.09. The average Bonchev–Trinajstić information content (AvgIpc) is 2.44. The summed E-state index contributed by atoms with van der Waals surface area (Å²) in [5.74, 6) is -0.452. The van der Waals surface area contributed by atoms with Crippen molar-refractivity contribution in [2.24, 2.45) is 0 Å². The van der Waals surface area contributed by atoms with Crippen molar-refractivity contribution in [1.29, 1.82) is 0 Å². The standard InChI is InChI=1S/C18H26F3N3O2/c1-17(2,3)22-15(25)11-24(5)16(26)12-23(4)10-13-6-8-14(9-7-13)18(19,20)21/h6-9H,10-12H2,1-5H3,(H,22,25)/p+1. The van der Waals surface area contributed by atoms with Gasteiger partial charge in [-0.3, -0.25) is 9.59 Å². The minimum absolute atomic E-state index is 0.0380. The van der Waals surface area contributed by atoms with Crippen molar-refractivity contribution in [1.82, 2.24) is 10.2 Å². The minimum atomic E-state index is -4.36. The Morgan fingerprint density at radius 3 is 2.12 bits per heavy atom. The van der Waals surface area contributed by atoms with E-state index in [0.717, 1.165) is 17.0 Å². The van der Waals surface area contributed by atoms with Crippen LogP contribution < -0.4 is 10.2 Å². The molecule has 5 nitrogen and oxygen atoms in total. The number of hydrogen-bond donors (Lipinski definition) is 2. The van der Waals surface area contributed by atoms with Crippen LogP contribution >= 0.6 is 0 Å². The third-order valence-electron chi connectivity index (χ3n) is 3.56. The third kappa shape index (κ3) is 7.86. The van der Waals surface area contributed by atoms with Gasteiger partial charge in [-0.1, -0.05) is 12.1 Å². The van der Waals surface area contributed by atoms with E-state index in [9.17, 15) is 22.8 Å². The van der Waals surface area contributed by atoms with Crippen LogP contribution in [-0.4, -0.2) is 49.4 Å². The molecule has 1 aromatic rings. The van der Waals surface area contributed by atoms with E-state index in [4.69, 9.17) is 0 Å².